The lowest BCUT2D eigenvalue weighted by molar-refractivity contribution is 0.424. The summed E-state index contributed by atoms with van der Waals surface area (Å²) in [6.07, 6.45) is 6.08. The van der Waals surface area contributed by atoms with Crippen LogP contribution in [0.2, 0.25) is 0 Å². The van der Waals surface area contributed by atoms with Crippen LogP contribution < -0.4 is 5.32 Å². The molecule has 0 saturated heterocycles. The molecule has 0 saturated carbocycles. The molecule has 1 aromatic heterocycles. The third-order valence-corrected chi connectivity index (χ3v) is 3.49. The zero-order valence-corrected chi connectivity index (χ0v) is 13.9. The number of nitrogens with zero attached hydrogens (tertiary/aromatic N) is 2. The molecule has 0 bridgehead atoms. The minimum absolute atomic E-state index is 0.113. The molecule has 0 aliphatic rings. The monoisotopic (exact) mass is 285 g/mol. The number of imidazole rings is 1. The van der Waals surface area contributed by atoms with E-state index in [9.17, 15) is 0 Å². The van der Waals surface area contributed by atoms with Gasteiger partial charge in [-0.3, -0.25) is 0 Å². The van der Waals surface area contributed by atoms with E-state index >= 15 is 0 Å². The molecule has 0 aliphatic heterocycles. The first kappa shape index (κ1) is 15.8. The second-order valence-electron chi connectivity index (χ2n) is 6.70. The van der Waals surface area contributed by atoms with E-state index in [0.717, 1.165) is 25.2 Å². The highest BCUT2D eigenvalue weighted by atomic mass is 15.1. The van der Waals surface area contributed by atoms with E-state index in [2.05, 4.69) is 73.9 Å². The van der Waals surface area contributed by atoms with Crippen LogP contribution in [0.5, 0.6) is 0 Å². The van der Waals surface area contributed by atoms with Gasteiger partial charge in [0.25, 0.3) is 0 Å². The van der Waals surface area contributed by atoms with E-state index in [4.69, 9.17) is 0 Å². The molecule has 0 unspecified atom stereocenters. The molecule has 0 spiro atoms. The van der Waals surface area contributed by atoms with Crippen molar-refractivity contribution in [2.75, 3.05) is 0 Å². The van der Waals surface area contributed by atoms with Crippen LogP contribution in [0.1, 0.15) is 51.1 Å². The Kier molecular flexibility index (Phi) is 4.84. The van der Waals surface area contributed by atoms with Crippen LogP contribution in [0, 0.1) is 6.92 Å². The fourth-order valence-electron chi connectivity index (χ4n) is 2.41. The molecule has 2 aromatic rings. The maximum atomic E-state index is 4.50. The summed E-state index contributed by atoms with van der Waals surface area (Å²) >= 11 is 0. The third kappa shape index (κ3) is 4.18. The van der Waals surface area contributed by atoms with Crippen molar-refractivity contribution in [1.29, 1.82) is 0 Å². The highest BCUT2D eigenvalue weighted by Crippen LogP contribution is 2.20. The van der Waals surface area contributed by atoms with Crippen LogP contribution in [0.3, 0.4) is 0 Å². The van der Waals surface area contributed by atoms with Gasteiger partial charge in [0.15, 0.2) is 0 Å². The van der Waals surface area contributed by atoms with Crippen molar-refractivity contribution in [2.45, 2.75) is 59.5 Å². The molecule has 1 heterocycles. The maximum Gasteiger partial charge on any atom is 0.113 e. The Morgan fingerprint density at radius 2 is 2.00 bits per heavy atom. The molecule has 1 N–H and O–H groups in total. The molecule has 0 atom stereocenters. The highest BCUT2D eigenvalue weighted by Gasteiger charge is 2.13. The summed E-state index contributed by atoms with van der Waals surface area (Å²) in [6, 6.07) is 6.64. The van der Waals surface area contributed by atoms with Gasteiger partial charge in [-0.25, -0.2) is 4.98 Å². The van der Waals surface area contributed by atoms with Gasteiger partial charge in [-0.2, -0.15) is 0 Å². The van der Waals surface area contributed by atoms with Gasteiger partial charge in [0, 0.05) is 30.9 Å². The Bertz CT molecular complexity index is 591. The predicted molar refractivity (Wildman–Crippen MR) is 88.9 cm³/mol. The van der Waals surface area contributed by atoms with Crippen molar-refractivity contribution in [3.63, 3.8) is 0 Å². The first-order valence-corrected chi connectivity index (χ1v) is 7.78. The zero-order valence-electron chi connectivity index (χ0n) is 13.9. The maximum absolute atomic E-state index is 4.50. The molecule has 114 valence electrons. The Hall–Kier alpha value is -1.61. The Morgan fingerprint density at radius 1 is 1.24 bits per heavy atom. The predicted octanol–water partition coefficient (Wildman–Crippen LogP) is 4.02. The summed E-state index contributed by atoms with van der Waals surface area (Å²) in [7, 11) is 0. The van der Waals surface area contributed by atoms with Gasteiger partial charge in [-0.05, 0) is 45.7 Å². The number of nitrogens with one attached hydrogen (secondary N) is 1. The topological polar surface area (TPSA) is 29.9 Å². The van der Waals surface area contributed by atoms with Gasteiger partial charge in [0.1, 0.15) is 5.82 Å². The highest BCUT2D eigenvalue weighted by molar-refractivity contribution is 5.44. The molecule has 0 fully saturated rings. The standard InChI is InChI=1S/C18H27N3/c1-6-7-17-19-10-11-21(17)16-9-8-14(2)12-15(16)13-20-18(3,4)5/h8-12,20H,6-7,13H2,1-5H3. The van der Waals surface area contributed by atoms with Crippen LogP contribution in [0.4, 0.5) is 0 Å². The molecule has 3 nitrogen and oxygen atoms in total. The van der Waals surface area contributed by atoms with Crippen LogP contribution in [-0.2, 0) is 13.0 Å². The van der Waals surface area contributed by atoms with E-state index in [-0.39, 0.29) is 5.54 Å². The molecule has 0 radical (unpaired) electrons. The van der Waals surface area contributed by atoms with Gasteiger partial charge in [0.2, 0.25) is 0 Å². The molecule has 0 aliphatic carbocycles. The second-order valence-corrected chi connectivity index (χ2v) is 6.70. The fourth-order valence-corrected chi connectivity index (χ4v) is 2.41. The Labute approximate surface area is 128 Å². The van der Waals surface area contributed by atoms with Gasteiger partial charge in [-0.1, -0.05) is 24.6 Å². The molecule has 1 aromatic carbocycles. The number of hydrogen-bond donors (Lipinski definition) is 1. The smallest absolute Gasteiger partial charge is 0.113 e. The second kappa shape index (κ2) is 6.44. The summed E-state index contributed by atoms with van der Waals surface area (Å²) < 4.78 is 2.22. The van der Waals surface area contributed by atoms with Crippen molar-refractivity contribution in [2.24, 2.45) is 0 Å². The molecular formula is C18H27N3. The zero-order chi connectivity index (χ0) is 15.5. The van der Waals surface area contributed by atoms with E-state index in [1.165, 1.54) is 16.8 Å². The minimum atomic E-state index is 0.113. The number of hydrogen-bond acceptors (Lipinski definition) is 2. The number of aromatic nitrogens is 2. The average Bonchev–Trinajstić information content (AvgIpc) is 2.84. The van der Waals surface area contributed by atoms with Crippen molar-refractivity contribution in [3.05, 3.63) is 47.5 Å². The van der Waals surface area contributed by atoms with Gasteiger partial charge in [-0.15, -0.1) is 0 Å². The van der Waals surface area contributed by atoms with Gasteiger partial charge >= 0.3 is 0 Å². The van der Waals surface area contributed by atoms with Crippen LogP contribution in [0.15, 0.2) is 30.6 Å². The first-order valence-electron chi connectivity index (χ1n) is 7.78. The van der Waals surface area contributed by atoms with Crippen molar-refractivity contribution < 1.29 is 0 Å². The SMILES string of the molecule is CCCc1nccn1-c1ccc(C)cc1CNC(C)(C)C. The summed E-state index contributed by atoms with van der Waals surface area (Å²) in [5, 5.41) is 3.59. The first-order chi connectivity index (χ1) is 9.90. The van der Waals surface area contributed by atoms with Crippen molar-refractivity contribution >= 4 is 0 Å². The van der Waals surface area contributed by atoms with Crippen LogP contribution in [0.25, 0.3) is 5.69 Å². The molecule has 0 amide bonds. The van der Waals surface area contributed by atoms with Crippen molar-refractivity contribution in [3.8, 4) is 5.69 Å². The van der Waals surface area contributed by atoms with E-state index < -0.39 is 0 Å². The van der Waals surface area contributed by atoms with Gasteiger partial charge < -0.3 is 9.88 Å². The quantitative estimate of drug-likeness (QED) is 0.899. The summed E-state index contributed by atoms with van der Waals surface area (Å²) in [6.45, 7) is 11.8. The Balaban J connectivity index is 2.36. The summed E-state index contributed by atoms with van der Waals surface area (Å²) in [5.41, 5.74) is 3.96. The largest absolute Gasteiger partial charge is 0.308 e. The molecular weight excluding hydrogens is 258 g/mol. The lowest BCUT2D eigenvalue weighted by Crippen LogP contribution is -2.35. The van der Waals surface area contributed by atoms with E-state index in [1.54, 1.807) is 0 Å². The van der Waals surface area contributed by atoms with E-state index in [0.29, 0.717) is 0 Å². The van der Waals surface area contributed by atoms with Crippen LogP contribution in [-0.4, -0.2) is 15.1 Å². The third-order valence-electron chi connectivity index (χ3n) is 3.49. The summed E-state index contributed by atoms with van der Waals surface area (Å²) in [4.78, 5) is 4.50. The average molecular weight is 285 g/mol. The molecule has 2 rings (SSSR count). The number of aryl methyl sites for hydroxylation is 2. The number of rotatable bonds is 5. The molecule has 3 heteroatoms. The Morgan fingerprint density at radius 3 is 2.67 bits per heavy atom. The van der Waals surface area contributed by atoms with Crippen LogP contribution >= 0.6 is 0 Å². The fraction of sp³-hybridized carbons (Fsp3) is 0.500. The number of benzene rings is 1. The van der Waals surface area contributed by atoms with Gasteiger partial charge in [0.05, 0.1) is 5.69 Å². The minimum Gasteiger partial charge on any atom is -0.308 e. The lowest BCUT2D eigenvalue weighted by Gasteiger charge is -2.22. The summed E-state index contributed by atoms with van der Waals surface area (Å²) in [5.74, 6) is 1.14. The van der Waals surface area contributed by atoms with Crippen molar-refractivity contribution in [1.82, 2.24) is 14.9 Å². The lowest BCUT2D eigenvalue weighted by atomic mass is 10.1. The molecule has 21 heavy (non-hydrogen) atoms. The van der Waals surface area contributed by atoms with E-state index in [1.807, 2.05) is 6.20 Å². The normalized spacial score (nSPS) is 11.9.